The quantitative estimate of drug-likeness (QED) is 0.712. The van der Waals surface area contributed by atoms with Crippen LogP contribution in [0.2, 0.25) is 0 Å². The molecule has 0 radical (unpaired) electrons. The van der Waals surface area contributed by atoms with Gasteiger partial charge in [0, 0.05) is 57.0 Å². The highest BCUT2D eigenvalue weighted by Crippen LogP contribution is 2.44. The molecule has 2 aliphatic heterocycles. The summed E-state index contributed by atoms with van der Waals surface area (Å²) in [6.07, 6.45) is 5.13. The van der Waals surface area contributed by atoms with E-state index in [1.165, 1.54) is 0 Å². The van der Waals surface area contributed by atoms with Crippen molar-refractivity contribution in [3.8, 4) is 0 Å². The average Bonchev–Trinajstić information content (AvgIpc) is 3.43. The Morgan fingerprint density at radius 3 is 2.90 bits per heavy atom. The van der Waals surface area contributed by atoms with Gasteiger partial charge in [-0.2, -0.15) is 5.10 Å². The van der Waals surface area contributed by atoms with Crippen molar-refractivity contribution in [1.29, 1.82) is 0 Å². The zero-order chi connectivity index (χ0) is 20.3. The summed E-state index contributed by atoms with van der Waals surface area (Å²) < 4.78 is 7.82. The molecule has 2 atom stereocenters. The molecule has 2 aromatic rings. The highest BCUT2D eigenvalue weighted by atomic mass is 16.5. The molecule has 0 N–H and O–H groups in total. The Balaban J connectivity index is 1.37. The van der Waals surface area contributed by atoms with E-state index < -0.39 is 0 Å². The number of ether oxygens (including phenoxy) is 1. The summed E-state index contributed by atoms with van der Waals surface area (Å²) in [7, 11) is 1.88. The number of hydrogen-bond donors (Lipinski definition) is 0. The molecule has 2 aromatic heterocycles. The van der Waals surface area contributed by atoms with Crippen LogP contribution in [-0.4, -0.2) is 69.8 Å². The number of carbonyl (C=O) groups is 1. The predicted octanol–water partition coefficient (Wildman–Crippen LogP) is 1.74. The molecule has 7 heteroatoms. The predicted molar refractivity (Wildman–Crippen MR) is 110 cm³/mol. The first kappa shape index (κ1) is 20.0. The molecule has 156 valence electrons. The molecule has 4 rings (SSSR count). The minimum absolute atomic E-state index is 0.139. The molecule has 0 bridgehead atoms. The van der Waals surface area contributed by atoms with Crippen LogP contribution in [0.25, 0.3) is 0 Å². The van der Waals surface area contributed by atoms with Crippen LogP contribution in [0.5, 0.6) is 0 Å². The molecular weight excluding hydrogens is 366 g/mol. The summed E-state index contributed by atoms with van der Waals surface area (Å²) in [5.74, 6) is 0.627. The maximum absolute atomic E-state index is 12.8. The number of carbonyl (C=O) groups excluding carboxylic acids is 1. The van der Waals surface area contributed by atoms with Gasteiger partial charge in [0.2, 0.25) is 5.91 Å². The number of aromatic nitrogens is 3. The van der Waals surface area contributed by atoms with Gasteiger partial charge in [-0.05, 0) is 31.2 Å². The van der Waals surface area contributed by atoms with Gasteiger partial charge in [0.15, 0.2) is 0 Å². The lowest BCUT2D eigenvalue weighted by Crippen LogP contribution is -2.38. The van der Waals surface area contributed by atoms with Gasteiger partial charge in [-0.25, -0.2) is 0 Å². The van der Waals surface area contributed by atoms with Crippen LogP contribution in [0.1, 0.15) is 24.7 Å². The Morgan fingerprint density at radius 2 is 2.17 bits per heavy atom. The molecule has 1 spiro atoms. The molecule has 1 amide bonds. The van der Waals surface area contributed by atoms with E-state index in [9.17, 15) is 4.79 Å². The van der Waals surface area contributed by atoms with Crippen LogP contribution in [-0.2, 0) is 29.6 Å². The number of rotatable bonds is 7. The van der Waals surface area contributed by atoms with Crippen LogP contribution in [0.15, 0.2) is 36.7 Å². The second kappa shape index (κ2) is 8.63. The van der Waals surface area contributed by atoms with Gasteiger partial charge in [-0.15, -0.1) is 0 Å². The van der Waals surface area contributed by atoms with Crippen LogP contribution < -0.4 is 0 Å². The van der Waals surface area contributed by atoms with E-state index in [4.69, 9.17) is 4.74 Å². The lowest BCUT2D eigenvalue weighted by molar-refractivity contribution is -0.130. The normalized spacial score (nSPS) is 24.6. The maximum atomic E-state index is 12.8. The van der Waals surface area contributed by atoms with Crippen LogP contribution >= 0.6 is 0 Å². The lowest BCUT2D eigenvalue weighted by atomic mass is 9.77. The number of amides is 1. The molecule has 2 aliphatic rings. The van der Waals surface area contributed by atoms with Gasteiger partial charge < -0.3 is 14.5 Å². The van der Waals surface area contributed by atoms with Crippen molar-refractivity contribution in [2.24, 2.45) is 18.4 Å². The molecule has 2 saturated heterocycles. The maximum Gasteiger partial charge on any atom is 0.228 e. The molecule has 0 unspecified atom stereocenters. The van der Waals surface area contributed by atoms with Crippen LogP contribution in [0, 0.1) is 11.3 Å². The van der Waals surface area contributed by atoms with E-state index in [-0.39, 0.29) is 11.3 Å². The molecule has 4 heterocycles. The molecular formula is C22H31N5O2. The molecule has 7 nitrogen and oxygen atoms in total. The Hall–Kier alpha value is -2.25. The minimum Gasteiger partial charge on any atom is -0.375 e. The van der Waals surface area contributed by atoms with Crippen molar-refractivity contribution in [2.45, 2.75) is 26.4 Å². The minimum atomic E-state index is 0.139. The number of likely N-dealkylation sites (tertiary alicyclic amines) is 2. The third-order valence-electron chi connectivity index (χ3n) is 6.46. The zero-order valence-electron chi connectivity index (χ0n) is 17.5. The van der Waals surface area contributed by atoms with E-state index in [1.54, 1.807) is 10.9 Å². The Labute approximate surface area is 172 Å². The summed E-state index contributed by atoms with van der Waals surface area (Å²) in [4.78, 5) is 21.7. The molecule has 0 aliphatic carbocycles. The van der Waals surface area contributed by atoms with Crippen molar-refractivity contribution < 1.29 is 9.53 Å². The van der Waals surface area contributed by atoms with Gasteiger partial charge in [-0.1, -0.05) is 13.0 Å². The standard InChI is InChI=1S/C22H31N5O2/c1-3-26-13-18(14-29-15-20-6-4-5-9-23-20)22(16-26)8-11-27(17-22)21(28)12-19-7-10-25(2)24-19/h4-7,9-10,18H,3,8,11-17H2,1-2H3/t18-,22+/m0/s1. The second-order valence-corrected chi connectivity index (χ2v) is 8.45. The third kappa shape index (κ3) is 4.51. The Morgan fingerprint density at radius 1 is 1.28 bits per heavy atom. The number of aryl methyl sites for hydroxylation is 1. The third-order valence-corrected chi connectivity index (χ3v) is 6.46. The summed E-state index contributed by atoms with van der Waals surface area (Å²) in [6.45, 7) is 8.27. The van der Waals surface area contributed by atoms with Gasteiger partial charge in [0.05, 0.1) is 31.0 Å². The molecule has 29 heavy (non-hydrogen) atoms. The first-order valence-corrected chi connectivity index (χ1v) is 10.5. The highest BCUT2D eigenvalue weighted by Gasteiger charge is 2.50. The van der Waals surface area contributed by atoms with E-state index in [1.807, 2.05) is 42.4 Å². The van der Waals surface area contributed by atoms with E-state index in [0.717, 1.165) is 57.1 Å². The van der Waals surface area contributed by atoms with Crippen molar-refractivity contribution in [3.05, 3.63) is 48.0 Å². The smallest absolute Gasteiger partial charge is 0.228 e. The second-order valence-electron chi connectivity index (χ2n) is 8.45. The fraction of sp³-hybridized carbons (Fsp3) is 0.591. The molecule has 2 fully saturated rings. The summed E-state index contributed by atoms with van der Waals surface area (Å²) in [6, 6.07) is 7.83. The van der Waals surface area contributed by atoms with Crippen LogP contribution in [0.3, 0.4) is 0 Å². The van der Waals surface area contributed by atoms with E-state index in [0.29, 0.717) is 18.9 Å². The topological polar surface area (TPSA) is 63.5 Å². The van der Waals surface area contributed by atoms with Crippen molar-refractivity contribution >= 4 is 5.91 Å². The lowest BCUT2D eigenvalue weighted by Gasteiger charge is -2.30. The monoisotopic (exact) mass is 397 g/mol. The van der Waals surface area contributed by atoms with Crippen molar-refractivity contribution in [1.82, 2.24) is 24.6 Å². The van der Waals surface area contributed by atoms with Crippen LogP contribution in [0.4, 0.5) is 0 Å². The summed E-state index contributed by atoms with van der Waals surface area (Å²) in [5.41, 5.74) is 1.95. The van der Waals surface area contributed by atoms with Gasteiger partial charge >= 0.3 is 0 Å². The van der Waals surface area contributed by atoms with E-state index in [2.05, 4.69) is 21.9 Å². The number of pyridine rings is 1. The Kier molecular flexibility index (Phi) is 5.96. The number of hydrogen-bond acceptors (Lipinski definition) is 5. The van der Waals surface area contributed by atoms with Crippen molar-refractivity contribution in [2.75, 3.05) is 39.3 Å². The zero-order valence-corrected chi connectivity index (χ0v) is 17.5. The number of nitrogens with zero attached hydrogens (tertiary/aromatic N) is 5. The average molecular weight is 398 g/mol. The fourth-order valence-electron chi connectivity index (χ4n) is 4.80. The fourth-order valence-corrected chi connectivity index (χ4v) is 4.80. The SMILES string of the molecule is CCN1C[C@@H](COCc2ccccn2)[C@]2(CCN(C(=O)Cc3ccn(C)n3)C2)C1. The Bertz CT molecular complexity index is 824. The largest absolute Gasteiger partial charge is 0.375 e. The van der Waals surface area contributed by atoms with Gasteiger partial charge in [0.1, 0.15) is 0 Å². The first-order valence-electron chi connectivity index (χ1n) is 10.5. The highest BCUT2D eigenvalue weighted by molar-refractivity contribution is 5.78. The molecule has 0 saturated carbocycles. The van der Waals surface area contributed by atoms with E-state index >= 15 is 0 Å². The first-order chi connectivity index (χ1) is 14.1. The van der Waals surface area contributed by atoms with Gasteiger partial charge in [-0.3, -0.25) is 14.5 Å². The van der Waals surface area contributed by atoms with Crippen molar-refractivity contribution in [3.63, 3.8) is 0 Å². The van der Waals surface area contributed by atoms with Gasteiger partial charge in [0.25, 0.3) is 0 Å². The summed E-state index contributed by atoms with van der Waals surface area (Å²) >= 11 is 0. The summed E-state index contributed by atoms with van der Waals surface area (Å²) in [5, 5.41) is 4.36. The molecule has 0 aromatic carbocycles.